The van der Waals surface area contributed by atoms with Crippen LogP contribution in [0, 0.1) is 36.0 Å². The van der Waals surface area contributed by atoms with Crippen molar-refractivity contribution in [2.24, 2.45) is 17.8 Å². The molecule has 0 bridgehead atoms. The normalized spacial score (nSPS) is 22.2. The van der Waals surface area contributed by atoms with E-state index in [1.807, 2.05) is 30.5 Å². The van der Waals surface area contributed by atoms with Crippen molar-refractivity contribution in [1.82, 2.24) is 19.8 Å². The number of rotatable bonds is 10. The van der Waals surface area contributed by atoms with Gasteiger partial charge >= 0.3 is 6.09 Å². The molecule has 1 N–H and O–H groups in total. The second-order valence-electron chi connectivity index (χ2n) is 13.2. The summed E-state index contributed by atoms with van der Waals surface area (Å²) in [5.41, 5.74) is 1.80. The van der Waals surface area contributed by atoms with E-state index in [1.165, 1.54) is 12.1 Å². The number of likely N-dealkylation sites (tertiary alicyclic amines) is 1. The number of aryl methyl sites for hydroxylation is 1. The number of aromatic nitrogens is 2. The van der Waals surface area contributed by atoms with E-state index in [9.17, 15) is 4.79 Å². The zero-order chi connectivity index (χ0) is 32.3. The number of nitrogens with one attached hydrogen (secondary N) is 1. The van der Waals surface area contributed by atoms with Crippen molar-refractivity contribution in [3.8, 4) is 0 Å². The molecule has 1 aromatic heterocycles. The van der Waals surface area contributed by atoms with Crippen molar-refractivity contribution in [2.75, 3.05) is 44.7 Å². The Morgan fingerprint density at radius 2 is 1.80 bits per heavy atom. The summed E-state index contributed by atoms with van der Waals surface area (Å²) in [6, 6.07) is 11.8. The lowest BCUT2D eigenvalue weighted by molar-refractivity contribution is 0.00147. The van der Waals surface area contributed by atoms with Crippen LogP contribution in [0.4, 0.5) is 25.0 Å². The van der Waals surface area contributed by atoms with Crippen LogP contribution in [0.2, 0.25) is 0 Å². The molecule has 1 amide bonds. The van der Waals surface area contributed by atoms with Gasteiger partial charge in [-0.2, -0.15) is 0 Å². The smallest absolute Gasteiger partial charge is 0.407 e. The minimum atomic E-state index is -0.667. The summed E-state index contributed by atoms with van der Waals surface area (Å²) in [7, 11) is 1.56. The van der Waals surface area contributed by atoms with Gasteiger partial charge in [0, 0.05) is 81.0 Å². The molecule has 3 atom stereocenters. The van der Waals surface area contributed by atoms with Gasteiger partial charge in [0.1, 0.15) is 23.6 Å². The summed E-state index contributed by atoms with van der Waals surface area (Å²) in [5.74, 6) is 0.339. The van der Waals surface area contributed by atoms with Crippen LogP contribution in [0.5, 0.6) is 0 Å². The number of carbonyl (C=O) groups excluding carboxylic acids is 1. The van der Waals surface area contributed by atoms with E-state index in [2.05, 4.69) is 36.4 Å². The number of nitrogens with zero attached hydrogens (tertiary/aromatic N) is 5. The summed E-state index contributed by atoms with van der Waals surface area (Å²) in [6.45, 7) is 14.6. The first-order valence-electron chi connectivity index (χ1n) is 16.6. The number of alkyl carbamates (subject to hydrolysis) is 1. The van der Waals surface area contributed by atoms with E-state index in [4.69, 9.17) is 11.3 Å². The lowest BCUT2D eigenvalue weighted by Gasteiger charge is -2.51. The molecular formula is C36H44F2N6O2. The highest BCUT2D eigenvalue weighted by atomic mass is 19.1. The second kappa shape index (κ2) is 13.8. The molecule has 3 aromatic rings. The number of ether oxygens (including phenoxy) is 1. The van der Waals surface area contributed by atoms with Crippen molar-refractivity contribution in [3.63, 3.8) is 0 Å². The average Bonchev–Trinajstić information content (AvgIpc) is 3.70. The number of hydrogen-bond acceptors (Lipinski definition) is 5. The van der Waals surface area contributed by atoms with Gasteiger partial charge in [-0.3, -0.25) is 0 Å². The van der Waals surface area contributed by atoms with Crippen molar-refractivity contribution in [2.45, 2.75) is 63.5 Å². The van der Waals surface area contributed by atoms with Gasteiger partial charge in [0.05, 0.1) is 6.57 Å². The van der Waals surface area contributed by atoms with Crippen molar-refractivity contribution >= 4 is 17.5 Å². The highest BCUT2D eigenvalue weighted by molar-refractivity contribution is 5.67. The Balaban J connectivity index is 1.26. The molecule has 46 heavy (non-hydrogen) atoms. The minimum absolute atomic E-state index is 0.107. The molecule has 244 valence electrons. The third-order valence-corrected chi connectivity index (χ3v) is 10.7. The second-order valence-corrected chi connectivity index (χ2v) is 13.2. The quantitative estimate of drug-likeness (QED) is 0.256. The van der Waals surface area contributed by atoms with Crippen LogP contribution >= 0.6 is 0 Å². The van der Waals surface area contributed by atoms with Crippen LogP contribution in [0.1, 0.15) is 50.4 Å². The third kappa shape index (κ3) is 6.48. The average molecular weight is 631 g/mol. The highest BCUT2D eigenvalue weighted by Crippen LogP contribution is 2.52. The van der Waals surface area contributed by atoms with Crippen molar-refractivity contribution in [1.29, 1.82) is 0 Å². The number of hydrogen-bond donors (Lipinski definition) is 1. The van der Waals surface area contributed by atoms with E-state index >= 15 is 8.78 Å². The van der Waals surface area contributed by atoms with E-state index < -0.39 is 23.1 Å². The van der Waals surface area contributed by atoms with E-state index in [1.54, 1.807) is 13.2 Å². The standard InChI is InChI=1S/C36H44F2N6O2/c1-4-34-41-14-17-43(34)24-36(27-18-28(37)20-29(38)19-27,32-6-5-7-33(32)46-35(45)40-3)26-12-15-42(16-13-26)21-25-22-44(23-25)31-10-8-30(39-2)9-11-31/h8-11,14,17-20,25-26,32-33H,4-7,12-13,15-16,21-24H2,1,3H3,(H,40,45)/t32-,33-,36?/m0/s1. The fourth-order valence-electron chi connectivity index (χ4n) is 8.48. The first kappa shape index (κ1) is 32.0. The monoisotopic (exact) mass is 630 g/mol. The van der Waals surface area contributed by atoms with Gasteiger partial charge in [-0.15, -0.1) is 0 Å². The summed E-state index contributed by atoms with van der Waals surface area (Å²) < 4.78 is 38.3. The fourth-order valence-corrected chi connectivity index (χ4v) is 8.48. The Morgan fingerprint density at radius 1 is 1.09 bits per heavy atom. The maximum absolute atomic E-state index is 15.1. The number of carbonyl (C=O) groups is 1. The number of amides is 1. The number of anilines is 1. The maximum atomic E-state index is 15.1. The van der Waals surface area contributed by atoms with Crippen molar-refractivity contribution < 1.29 is 18.3 Å². The summed E-state index contributed by atoms with van der Waals surface area (Å²) in [5, 5.41) is 2.60. The number of benzene rings is 2. The van der Waals surface area contributed by atoms with Crippen LogP contribution in [0.15, 0.2) is 54.9 Å². The Morgan fingerprint density at radius 3 is 2.46 bits per heavy atom. The molecule has 3 aliphatic rings. The molecular weight excluding hydrogens is 586 g/mol. The Bertz CT molecular complexity index is 1520. The molecule has 1 aliphatic carbocycles. The number of imidazole rings is 1. The molecule has 10 heteroatoms. The molecule has 6 rings (SSSR count). The first-order valence-corrected chi connectivity index (χ1v) is 16.6. The van der Waals surface area contributed by atoms with Gasteiger partial charge in [-0.25, -0.2) is 23.4 Å². The highest BCUT2D eigenvalue weighted by Gasteiger charge is 2.53. The predicted octanol–water partition coefficient (Wildman–Crippen LogP) is 6.59. The third-order valence-electron chi connectivity index (χ3n) is 10.7. The van der Waals surface area contributed by atoms with Gasteiger partial charge in [0.2, 0.25) is 0 Å². The van der Waals surface area contributed by atoms with Crippen LogP contribution in [-0.2, 0) is 23.1 Å². The van der Waals surface area contributed by atoms with E-state index in [0.29, 0.717) is 23.7 Å². The number of halogens is 2. The molecule has 3 fully saturated rings. The molecule has 1 unspecified atom stereocenters. The zero-order valence-electron chi connectivity index (χ0n) is 26.8. The molecule has 0 spiro atoms. The van der Waals surface area contributed by atoms with Gasteiger partial charge in [0.15, 0.2) is 5.69 Å². The first-order chi connectivity index (χ1) is 22.3. The molecule has 1 saturated carbocycles. The molecule has 8 nitrogen and oxygen atoms in total. The molecule has 3 heterocycles. The Labute approximate surface area is 270 Å². The van der Waals surface area contributed by atoms with Gasteiger partial charge in [-0.05, 0) is 80.9 Å². The Hall–Kier alpha value is -3.97. The minimum Gasteiger partial charge on any atom is -0.446 e. The lowest BCUT2D eigenvalue weighted by atomic mass is 9.58. The molecule has 0 radical (unpaired) electrons. The fraction of sp³-hybridized carbons (Fsp3) is 0.528. The van der Waals surface area contributed by atoms with Crippen molar-refractivity contribution in [3.05, 3.63) is 89.3 Å². The largest absolute Gasteiger partial charge is 0.446 e. The van der Waals surface area contributed by atoms with Crippen LogP contribution < -0.4 is 10.2 Å². The van der Waals surface area contributed by atoms with Gasteiger partial charge in [-0.1, -0.05) is 19.1 Å². The van der Waals surface area contributed by atoms with E-state index in [-0.39, 0.29) is 17.9 Å². The zero-order valence-corrected chi connectivity index (χ0v) is 26.8. The topological polar surface area (TPSA) is 67.0 Å². The van der Waals surface area contributed by atoms with Crippen LogP contribution in [0.3, 0.4) is 0 Å². The summed E-state index contributed by atoms with van der Waals surface area (Å²) in [6.07, 6.45) is 7.86. The molecule has 2 saturated heterocycles. The predicted molar refractivity (Wildman–Crippen MR) is 174 cm³/mol. The summed E-state index contributed by atoms with van der Waals surface area (Å²) in [4.78, 5) is 25.5. The van der Waals surface area contributed by atoms with Gasteiger partial charge < -0.3 is 24.4 Å². The van der Waals surface area contributed by atoms with Gasteiger partial charge in [0.25, 0.3) is 0 Å². The number of piperidine rings is 1. The maximum Gasteiger partial charge on any atom is 0.407 e. The SMILES string of the molecule is [C-]#[N+]c1ccc(N2CC(CN3CCC(C(Cn4ccnc4CC)(c4cc(F)cc(F)c4)[C@H]4CCC[C@@H]4OC(=O)NC)CC3)C2)cc1. The molecule has 2 aromatic carbocycles. The summed E-state index contributed by atoms with van der Waals surface area (Å²) >= 11 is 0. The van der Waals surface area contributed by atoms with Crippen LogP contribution in [0.25, 0.3) is 4.85 Å². The lowest BCUT2D eigenvalue weighted by Crippen LogP contribution is -2.55. The Kier molecular flexibility index (Phi) is 9.60. The van der Waals surface area contributed by atoms with Crippen LogP contribution in [-0.4, -0.2) is 66.4 Å². The van der Waals surface area contributed by atoms with E-state index in [0.717, 1.165) is 88.8 Å². The molecule has 2 aliphatic heterocycles.